The summed E-state index contributed by atoms with van der Waals surface area (Å²) in [6.45, 7) is 4.98. The maximum absolute atomic E-state index is 12.2. The van der Waals surface area contributed by atoms with Crippen LogP contribution < -0.4 is 25.0 Å². The van der Waals surface area contributed by atoms with E-state index in [1.807, 2.05) is 57.3 Å². The Labute approximate surface area is 178 Å². The van der Waals surface area contributed by atoms with Crippen LogP contribution in [0, 0.1) is 13.8 Å². The Morgan fingerprint density at radius 3 is 2.43 bits per heavy atom. The first-order valence-electron chi connectivity index (χ1n) is 9.99. The number of hydrogen-bond acceptors (Lipinski definition) is 4. The number of hydrogen-bond donors (Lipinski definition) is 3. The average Bonchev–Trinajstić information content (AvgIpc) is 2.73. The van der Waals surface area contributed by atoms with E-state index in [0.717, 1.165) is 40.2 Å². The average molecular weight is 415 g/mol. The predicted octanol–water partition coefficient (Wildman–Crippen LogP) is 1.13. The second kappa shape index (κ2) is 11.2. The van der Waals surface area contributed by atoms with E-state index in [9.17, 15) is 9.59 Å². The molecule has 0 radical (unpaired) electrons. The van der Waals surface area contributed by atoms with Gasteiger partial charge >= 0.3 is 0 Å². The zero-order valence-corrected chi connectivity index (χ0v) is 18.4. The van der Waals surface area contributed by atoms with Gasteiger partial charge in [0, 0.05) is 12.1 Å². The van der Waals surface area contributed by atoms with Gasteiger partial charge in [-0.1, -0.05) is 18.2 Å². The van der Waals surface area contributed by atoms with Gasteiger partial charge < -0.3 is 25.0 Å². The molecule has 2 rings (SSSR count). The number of rotatable bonds is 10. The predicted molar refractivity (Wildman–Crippen MR) is 117 cm³/mol. The molecule has 0 bridgehead atoms. The minimum absolute atomic E-state index is 0.0465. The van der Waals surface area contributed by atoms with E-state index in [4.69, 9.17) is 9.47 Å². The van der Waals surface area contributed by atoms with Gasteiger partial charge in [-0.3, -0.25) is 9.59 Å². The van der Waals surface area contributed by atoms with Crippen LogP contribution in [0.4, 0.5) is 5.69 Å². The van der Waals surface area contributed by atoms with Crippen LogP contribution in [0.3, 0.4) is 0 Å². The Hall–Kier alpha value is -3.06. The minimum atomic E-state index is -0.236. The van der Waals surface area contributed by atoms with Crippen LogP contribution in [0.15, 0.2) is 36.4 Å². The highest BCUT2D eigenvalue weighted by molar-refractivity contribution is 5.95. The molecule has 0 saturated carbocycles. The summed E-state index contributed by atoms with van der Waals surface area (Å²) < 4.78 is 10.6. The van der Waals surface area contributed by atoms with Gasteiger partial charge in [-0.2, -0.15) is 0 Å². The molecule has 2 aromatic rings. The van der Waals surface area contributed by atoms with Crippen LogP contribution >= 0.6 is 0 Å². The van der Waals surface area contributed by atoms with Crippen LogP contribution in [0.5, 0.6) is 11.5 Å². The third kappa shape index (κ3) is 6.77. The number of likely N-dealkylation sites (N-methyl/N-ethyl adjacent to an activating group) is 1. The monoisotopic (exact) mass is 414 g/mol. The lowest BCUT2D eigenvalue weighted by Crippen LogP contribution is -3.10. The molecule has 1 unspecified atom stereocenters. The van der Waals surface area contributed by atoms with Gasteiger partial charge in [0.15, 0.2) is 18.0 Å². The van der Waals surface area contributed by atoms with Gasteiger partial charge in [-0.05, 0) is 48.7 Å². The summed E-state index contributed by atoms with van der Waals surface area (Å²) in [5.41, 5.74) is 4.01. The molecule has 0 fully saturated rings. The number of carbonyl (C=O) groups is 2. The number of quaternary nitrogens is 1. The molecule has 0 aliphatic carbocycles. The van der Waals surface area contributed by atoms with Crippen molar-refractivity contribution in [3.63, 3.8) is 0 Å². The second-order valence-corrected chi connectivity index (χ2v) is 7.40. The molecule has 7 nitrogen and oxygen atoms in total. The molecular formula is C23H32N3O4+. The Bertz CT molecular complexity index is 883. The first-order chi connectivity index (χ1) is 14.3. The fraction of sp³-hybridized carbons (Fsp3) is 0.391. The van der Waals surface area contributed by atoms with Crippen molar-refractivity contribution in [2.24, 2.45) is 0 Å². The van der Waals surface area contributed by atoms with Crippen molar-refractivity contribution in [3.05, 3.63) is 53.1 Å². The molecule has 162 valence electrons. The van der Waals surface area contributed by atoms with E-state index >= 15 is 0 Å². The van der Waals surface area contributed by atoms with E-state index in [-0.39, 0.29) is 18.4 Å². The SMILES string of the molecule is COc1ccc(CC[NH+](C)CC(=O)NCC(=O)Nc2cccc(C)c2C)cc1OC. The fourth-order valence-electron chi connectivity index (χ4n) is 3.08. The van der Waals surface area contributed by atoms with Crippen molar-refractivity contribution in [2.75, 3.05) is 46.2 Å². The van der Waals surface area contributed by atoms with Crippen molar-refractivity contribution in [3.8, 4) is 11.5 Å². The Morgan fingerprint density at radius 2 is 1.73 bits per heavy atom. The van der Waals surface area contributed by atoms with Crippen LogP contribution in [0.25, 0.3) is 0 Å². The first kappa shape index (κ1) is 23.2. The van der Waals surface area contributed by atoms with Crippen LogP contribution in [-0.4, -0.2) is 52.7 Å². The fourth-order valence-corrected chi connectivity index (χ4v) is 3.08. The molecule has 7 heteroatoms. The Morgan fingerprint density at radius 1 is 1.00 bits per heavy atom. The lowest BCUT2D eigenvalue weighted by molar-refractivity contribution is -0.870. The van der Waals surface area contributed by atoms with Crippen molar-refractivity contribution in [2.45, 2.75) is 20.3 Å². The highest BCUT2D eigenvalue weighted by atomic mass is 16.5. The zero-order valence-electron chi connectivity index (χ0n) is 18.4. The molecule has 0 aliphatic rings. The van der Waals surface area contributed by atoms with Gasteiger partial charge in [-0.25, -0.2) is 0 Å². The van der Waals surface area contributed by atoms with Gasteiger partial charge in [0.05, 0.1) is 34.4 Å². The summed E-state index contributed by atoms with van der Waals surface area (Å²) in [5, 5.41) is 5.53. The van der Waals surface area contributed by atoms with Gasteiger partial charge in [0.25, 0.3) is 5.91 Å². The molecule has 1 atom stereocenters. The van der Waals surface area contributed by atoms with Gasteiger partial charge in [0.2, 0.25) is 5.91 Å². The molecule has 30 heavy (non-hydrogen) atoms. The molecule has 2 amide bonds. The number of anilines is 1. The molecule has 2 aromatic carbocycles. The maximum Gasteiger partial charge on any atom is 0.275 e. The summed E-state index contributed by atoms with van der Waals surface area (Å²) in [4.78, 5) is 25.4. The molecule has 0 aliphatic heterocycles. The Balaban J connectivity index is 1.75. The summed E-state index contributed by atoms with van der Waals surface area (Å²) in [6.07, 6.45) is 0.798. The summed E-state index contributed by atoms with van der Waals surface area (Å²) in [5.74, 6) is 0.997. The van der Waals surface area contributed by atoms with Gasteiger partial charge in [-0.15, -0.1) is 0 Å². The van der Waals surface area contributed by atoms with Crippen LogP contribution in [-0.2, 0) is 16.0 Å². The maximum atomic E-state index is 12.2. The number of ether oxygens (including phenoxy) is 2. The van der Waals surface area contributed by atoms with Crippen molar-refractivity contribution in [1.29, 1.82) is 0 Å². The van der Waals surface area contributed by atoms with E-state index < -0.39 is 0 Å². The van der Waals surface area contributed by atoms with Crippen LogP contribution in [0.2, 0.25) is 0 Å². The quantitative estimate of drug-likeness (QED) is 0.545. The molecular weight excluding hydrogens is 382 g/mol. The van der Waals surface area contributed by atoms with E-state index in [1.165, 1.54) is 0 Å². The van der Waals surface area contributed by atoms with Crippen molar-refractivity contribution >= 4 is 17.5 Å². The highest BCUT2D eigenvalue weighted by Gasteiger charge is 2.13. The van der Waals surface area contributed by atoms with Crippen molar-refractivity contribution < 1.29 is 24.0 Å². The number of amides is 2. The summed E-state index contributed by atoms with van der Waals surface area (Å²) >= 11 is 0. The van der Waals surface area contributed by atoms with Crippen molar-refractivity contribution in [1.82, 2.24) is 5.32 Å². The summed E-state index contributed by atoms with van der Waals surface area (Å²) in [6, 6.07) is 11.6. The number of benzene rings is 2. The first-order valence-corrected chi connectivity index (χ1v) is 9.99. The zero-order chi connectivity index (χ0) is 22.1. The lowest BCUT2D eigenvalue weighted by atomic mass is 10.1. The molecule has 3 N–H and O–H groups in total. The summed E-state index contributed by atoms with van der Waals surface area (Å²) in [7, 11) is 5.17. The second-order valence-electron chi connectivity index (χ2n) is 7.40. The number of methoxy groups -OCH3 is 2. The Kier molecular flexibility index (Phi) is 8.68. The lowest BCUT2D eigenvalue weighted by Gasteiger charge is -2.15. The molecule has 0 spiro atoms. The number of aryl methyl sites for hydroxylation is 1. The van der Waals surface area contributed by atoms with Gasteiger partial charge in [0.1, 0.15) is 0 Å². The third-order valence-electron chi connectivity index (χ3n) is 5.08. The minimum Gasteiger partial charge on any atom is -0.493 e. The van der Waals surface area contributed by atoms with E-state index in [1.54, 1.807) is 14.2 Å². The molecule has 0 aromatic heterocycles. The number of carbonyl (C=O) groups excluding carboxylic acids is 2. The van der Waals surface area contributed by atoms with Crippen LogP contribution in [0.1, 0.15) is 16.7 Å². The largest absolute Gasteiger partial charge is 0.493 e. The standard InChI is InChI=1S/C23H31N3O4/c1-16-7-6-8-19(17(16)2)25-22(27)14-24-23(28)15-26(3)12-11-18-9-10-20(29-4)21(13-18)30-5/h6-10,13H,11-12,14-15H2,1-5H3,(H,24,28)(H,25,27)/p+1. The molecule has 0 heterocycles. The third-order valence-corrected chi connectivity index (χ3v) is 5.08. The molecule has 0 saturated heterocycles. The highest BCUT2D eigenvalue weighted by Crippen LogP contribution is 2.27. The topological polar surface area (TPSA) is 81.1 Å². The van der Waals surface area contributed by atoms with E-state index in [2.05, 4.69) is 10.6 Å². The van der Waals surface area contributed by atoms with E-state index in [0.29, 0.717) is 18.0 Å². The smallest absolute Gasteiger partial charge is 0.275 e. The normalized spacial score (nSPS) is 11.5. The number of nitrogens with one attached hydrogen (secondary N) is 3.